The Morgan fingerprint density at radius 1 is 1.10 bits per heavy atom. The van der Waals surface area contributed by atoms with Crippen LogP contribution in [0.3, 0.4) is 0 Å². The summed E-state index contributed by atoms with van der Waals surface area (Å²) >= 11 is 0. The first kappa shape index (κ1) is 19.3. The van der Waals surface area contributed by atoms with Gasteiger partial charge in [0.2, 0.25) is 0 Å². The number of nitrogens with one attached hydrogen (secondary N) is 1. The lowest BCUT2D eigenvalue weighted by molar-refractivity contribution is 0.380. The monoisotopic (exact) mass is 418 g/mol. The lowest BCUT2D eigenvalue weighted by Crippen LogP contribution is -2.49. The van der Waals surface area contributed by atoms with Crippen molar-refractivity contribution in [3.63, 3.8) is 0 Å². The molecule has 3 aromatic rings. The molecular weight excluding hydrogens is 399 g/mol. The van der Waals surface area contributed by atoms with Crippen molar-refractivity contribution in [3.8, 4) is 17.0 Å². The molecule has 4 rings (SSSR count). The molecule has 1 aliphatic rings. The molecule has 0 bridgehead atoms. The highest BCUT2D eigenvalue weighted by molar-refractivity contribution is 7.89. The highest BCUT2D eigenvalue weighted by atomic mass is 32.2. The number of imidazole rings is 1. The van der Waals surface area contributed by atoms with Gasteiger partial charge in [0, 0.05) is 31.7 Å². The summed E-state index contributed by atoms with van der Waals surface area (Å²) in [6.45, 7) is 1.04. The number of sulfonamides is 1. The summed E-state index contributed by atoms with van der Waals surface area (Å²) in [7, 11) is -2.08. The van der Waals surface area contributed by atoms with Crippen LogP contribution in [0.4, 0.5) is 10.2 Å². The van der Waals surface area contributed by atoms with Gasteiger partial charge in [0.05, 0.1) is 19.6 Å². The number of benzene rings is 1. The third-order valence-electron chi connectivity index (χ3n) is 4.76. The zero-order valence-electron chi connectivity index (χ0n) is 15.6. The first-order valence-corrected chi connectivity index (χ1v) is 10.3. The second kappa shape index (κ2) is 7.76. The van der Waals surface area contributed by atoms with E-state index in [-0.39, 0.29) is 29.6 Å². The van der Waals surface area contributed by atoms with Gasteiger partial charge in [-0.15, -0.1) is 0 Å². The van der Waals surface area contributed by atoms with Gasteiger partial charge in [0.1, 0.15) is 17.8 Å². The molecule has 152 valence electrons. The topological polar surface area (TPSA) is 104 Å². The summed E-state index contributed by atoms with van der Waals surface area (Å²) in [5.74, 6) is 0.282. The average molecular weight is 418 g/mol. The first-order chi connectivity index (χ1) is 14.0. The van der Waals surface area contributed by atoms with Gasteiger partial charge in [-0.1, -0.05) is 0 Å². The highest BCUT2D eigenvalue weighted by Gasteiger charge is 2.31. The molecule has 1 N–H and O–H groups in total. The molecule has 0 radical (unpaired) electrons. The van der Waals surface area contributed by atoms with Crippen molar-refractivity contribution in [3.05, 3.63) is 48.9 Å². The molecular formula is C18H19FN6O3S. The standard InChI is InChI=1S/C18H19FN6O3S/c1-28-14-4-2-13(3-5-14)17-16(19)18(23-12-22-17)24-6-8-25(9-7-24)29(26,27)15-10-20-11-21-15/h2-5,10-12H,6-9H2,1H3,(H,20,21). The number of H-pyrrole nitrogens is 1. The number of anilines is 1. The summed E-state index contributed by atoms with van der Waals surface area (Å²) in [4.78, 5) is 16.3. The summed E-state index contributed by atoms with van der Waals surface area (Å²) in [5, 5.41) is 0.0426. The zero-order chi connectivity index (χ0) is 20.4. The number of halogens is 1. The maximum Gasteiger partial charge on any atom is 0.260 e. The Bertz CT molecular complexity index is 1080. The maximum atomic E-state index is 15.1. The first-order valence-electron chi connectivity index (χ1n) is 8.89. The van der Waals surface area contributed by atoms with Crippen molar-refractivity contribution >= 4 is 15.8 Å². The molecule has 0 amide bonds. The smallest absolute Gasteiger partial charge is 0.260 e. The summed E-state index contributed by atoms with van der Waals surface area (Å²) in [5.41, 5.74) is 0.789. The van der Waals surface area contributed by atoms with Gasteiger partial charge in [-0.2, -0.15) is 4.31 Å². The summed E-state index contributed by atoms with van der Waals surface area (Å²) in [6, 6.07) is 6.91. The van der Waals surface area contributed by atoms with E-state index in [0.717, 1.165) is 0 Å². The maximum absolute atomic E-state index is 15.1. The number of piperazine rings is 1. The van der Waals surface area contributed by atoms with E-state index in [4.69, 9.17) is 4.74 Å². The molecule has 1 aromatic carbocycles. The quantitative estimate of drug-likeness (QED) is 0.670. The van der Waals surface area contributed by atoms with Crippen LogP contribution in [0.15, 0.2) is 48.1 Å². The van der Waals surface area contributed by atoms with Crippen LogP contribution in [0.5, 0.6) is 5.75 Å². The average Bonchev–Trinajstić information content (AvgIpc) is 3.30. The van der Waals surface area contributed by atoms with E-state index >= 15 is 4.39 Å². The van der Waals surface area contributed by atoms with Gasteiger partial charge in [0.25, 0.3) is 10.0 Å². The normalized spacial score (nSPS) is 15.4. The third-order valence-corrected chi connectivity index (χ3v) is 6.59. The Hall–Kier alpha value is -3.05. The van der Waals surface area contributed by atoms with Gasteiger partial charge in [-0.25, -0.2) is 27.8 Å². The summed E-state index contributed by atoms with van der Waals surface area (Å²) < 4.78 is 46.8. The minimum absolute atomic E-state index is 0.0426. The fraction of sp³-hybridized carbons (Fsp3) is 0.278. The Labute approximate surface area is 167 Å². The van der Waals surface area contributed by atoms with Crippen LogP contribution in [0.2, 0.25) is 0 Å². The molecule has 11 heteroatoms. The van der Waals surface area contributed by atoms with Crippen LogP contribution in [0, 0.1) is 5.82 Å². The molecule has 0 atom stereocenters. The van der Waals surface area contributed by atoms with Crippen molar-refractivity contribution in [2.45, 2.75) is 5.03 Å². The molecule has 0 saturated carbocycles. The molecule has 29 heavy (non-hydrogen) atoms. The van der Waals surface area contributed by atoms with Crippen LogP contribution < -0.4 is 9.64 Å². The fourth-order valence-corrected chi connectivity index (χ4v) is 4.51. The molecule has 0 aliphatic carbocycles. The van der Waals surface area contributed by atoms with Crippen molar-refractivity contribution < 1.29 is 17.5 Å². The molecule has 2 aromatic heterocycles. The minimum Gasteiger partial charge on any atom is -0.497 e. The largest absolute Gasteiger partial charge is 0.497 e. The Kier molecular flexibility index (Phi) is 5.16. The van der Waals surface area contributed by atoms with Gasteiger partial charge in [0.15, 0.2) is 16.7 Å². The van der Waals surface area contributed by atoms with E-state index in [1.807, 2.05) is 0 Å². The molecule has 1 aliphatic heterocycles. The van der Waals surface area contributed by atoms with E-state index in [2.05, 4.69) is 19.9 Å². The van der Waals surface area contributed by atoms with E-state index in [9.17, 15) is 8.42 Å². The minimum atomic E-state index is -3.64. The summed E-state index contributed by atoms with van der Waals surface area (Å²) in [6.07, 6.45) is 3.90. The second-order valence-corrected chi connectivity index (χ2v) is 8.30. The second-order valence-electron chi connectivity index (χ2n) is 6.40. The number of hydrogen-bond acceptors (Lipinski definition) is 7. The number of aromatic nitrogens is 4. The van der Waals surface area contributed by atoms with E-state index in [0.29, 0.717) is 24.4 Å². The van der Waals surface area contributed by atoms with Crippen molar-refractivity contribution in [2.75, 3.05) is 38.2 Å². The number of methoxy groups -OCH3 is 1. The van der Waals surface area contributed by atoms with Crippen LogP contribution in [-0.4, -0.2) is 65.9 Å². The number of ether oxygens (including phenoxy) is 1. The predicted octanol–water partition coefficient (Wildman–Crippen LogP) is 1.53. The Morgan fingerprint density at radius 2 is 1.83 bits per heavy atom. The van der Waals surface area contributed by atoms with E-state index in [1.54, 1.807) is 36.3 Å². The lowest BCUT2D eigenvalue weighted by Gasteiger charge is -2.34. The predicted molar refractivity (Wildman–Crippen MR) is 104 cm³/mol. The molecule has 1 fully saturated rings. The van der Waals surface area contributed by atoms with Gasteiger partial charge in [-0.3, -0.25) is 0 Å². The SMILES string of the molecule is COc1ccc(-c2ncnc(N3CCN(S(=O)(=O)c4cnc[nH]4)CC3)c2F)cc1. The van der Waals surface area contributed by atoms with Crippen LogP contribution in [0.1, 0.15) is 0 Å². The highest BCUT2D eigenvalue weighted by Crippen LogP contribution is 2.28. The molecule has 9 nitrogen and oxygen atoms in total. The third kappa shape index (κ3) is 3.66. The van der Waals surface area contributed by atoms with Crippen molar-refractivity contribution in [1.82, 2.24) is 24.2 Å². The number of nitrogens with zero attached hydrogens (tertiary/aromatic N) is 5. The van der Waals surface area contributed by atoms with Gasteiger partial charge < -0.3 is 14.6 Å². The van der Waals surface area contributed by atoms with Gasteiger partial charge in [-0.05, 0) is 24.3 Å². The molecule has 1 saturated heterocycles. The Balaban J connectivity index is 1.53. The fourth-order valence-electron chi connectivity index (χ4n) is 3.19. The number of rotatable bonds is 5. The van der Waals surface area contributed by atoms with Crippen LogP contribution >= 0.6 is 0 Å². The van der Waals surface area contributed by atoms with Crippen molar-refractivity contribution in [2.24, 2.45) is 0 Å². The molecule has 0 spiro atoms. The van der Waals surface area contributed by atoms with Crippen LogP contribution in [0.25, 0.3) is 11.3 Å². The van der Waals surface area contributed by atoms with Crippen molar-refractivity contribution in [1.29, 1.82) is 0 Å². The van der Waals surface area contributed by atoms with E-state index < -0.39 is 15.8 Å². The molecule has 0 unspecified atom stereocenters. The van der Waals surface area contributed by atoms with Gasteiger partial charge >= 0.3 is 0 Å². The Morgan fingerprint density at radius 3 is 2.45 bits per heavy atom. The zero-order valence-corrected chi connectivity index (χ0v) is 16.4. The van der Waals surface area contributed by atoms with E-state index in [1.165, 1.54) is 23.2 Å². The van der Waals surface area contributed by atoms with Crippen LogP contribution in [-0.2, 0) is 10.0 Å². The number of hydrogen-bond donors (Lipinski definition) is 1. The number of aromatic amines is 1. The molecule has 3 heterocycles. The lowest BCUT2D eigenvalue weighted by atomic mass is 10.1.